The van der Waals surface area contributed by atoms with Crippen molar-refractivity contribution in [3.05, 3.63) is 58.4 Å². The molecule has 1 aromatic heterocycles. The Morgan fingerprint density at radius 2 is 2.00 bits per heavy atom. The van der Waals surface area contributed by atoms with Gasteiger partial charge in [-0.2, -0.15) is 4.98 Å². The lowest BCUT2D eigenvalue weighted by Gasteiger charge is -2.05. The quantitative estimate of drug-likeness (QED) is 0.572. The van der Waals surface area contributed by atoms with E-state index in [-0.39, 0.29) is 5.75 Å². The molecule has 3 rings (SSSR count). The fourth-order valence-corrected chi connectivity index (χ4v) is 2.96. The van der Waals surface area contributed by atoms with E-state index < -0.39 is 11.4 Å². The van der Waals surface area contributed by atoms with E-state index in [4.69, 9.17) is 4.74 Å². The number of nitrogens with zero attached hydrogens (tertiary/aromatic N) is 1. The summed E-state index contributed by atoms with van der Waals surface area (Å²) in [6.45, 7) is 0. The van der Waals surface area contributed by atoms with Gasteiger partial charge in [0, 0.05) is 5.75 Å². The van der Waals surface area contributed by atoms with Crippen molar-refractivity contribution < 1.29 is 9.84 Å². The number of methoxy groups -OCH3 is 1. The SMILES string of the molecule is COc1c(O)nc(SCc2ccc3ccccc3c2)[nH]c1=O. The normalized spacial score (nSPS) is 10.8. The van der Waals surface area contributed by atoms with E-state index >= 15 is 0 Å². The predicted molar refractivity (Wildman–Crippen MR) is 86.6 cm³/mol. The molecule has 0 radical (unpaired) electrons. The van der Waals surface area contributed by atoms with E-state index in [9.17, 15) is 9.90 Å². The zero-order valence-corrected chi connectivity index (χ0v) is 12.7. The van der Waals surface area contributed by atoms with Crippen LogP contribution in [-0.4, -0.2) is 22.2 Å². The standard InChI is InChI=1S/C16H14N2O3S/c1-21-13-14(19)17-16(18-15(13)20)22-9-10-6-7-11-4-2-3-5-12(11)8-10/h2-8H,9H2,1H3,(H2,17,18,19,20). The average molecular weight is 314 g/mol. The number of ether oxygens (including phenoxy) is 1. The highest BCUT2D eigenvalue weighted by molar-refractivity contribution is 7.98. The smallest absolute Gasteiger partial charge is 0.298 e. The van der Waals surface area contributed by atoms with Crippen molar-refractivity contribution in [3.63, 3.8) is 0 Å². The van der Waals surface area contributed by atoms with Gasteiger partial charge >= 0.3 is 0 Å². The molecule has 0 aliphatic heterocycles. The maximum Gasteiger partial charge on any atom is 0.298 e. The van der Waals surface area contributed by atoms with E-state index in [1.807, 2.05) is 18.2 Å². The van der Waals surface area contributed by atoms with Crippen LogP contribution in [0, 0.1) is 0 Å². The zero-order valence-electron chi connectivity index (χ0n) is 11.9. The molecule has 3 aromatic rings. The van der Waals surface area contributed by atoms with Gasteiger partial charge in [-0.3, -0.25) is 9.78 Å². The third kappa shape index (κ3) is 2.92. The highest BCUT2D eigenvalue weighted by Gasteiger charge is 2.11. The Morgan fingerprint density at radius 1 is 1.23 bits per heavy atom. The highest BCUT2D eigenvalue weighted by Crippen LogP contribution is 2.25. The second-order valence-corrected chi connectivity index (χ2v) is 5.66. The maximum atomic E-state index is 11.7. The summed E-state index contributed by atoms with van der Waals surface area (Å²) < 4.78 is 4.78. The molecule has 0 amide bonds. The topological polar surface area (TPSA) is 75.2 Å². The molecule has 2 aromatic carbocycles. The Morgan fingerprint density at radius 3 is 2.73 bits per heavy atom. The summed E-state index contributed by atoms with van der Waals surface area (Å²) in [5, 5.41) is 12.4. The van der Waals surface area contributed by atoms with E-state index in [1.54, 1.807) is 0 Å². The van der Waals surface area contributed by atoms with Crippen molar-refractivity contribution in [3.8, 4) is 11.6 Å². The molecular weight excluding hydrogens is 300 g/mol. The lowest BCUT2D eigenvalue weighted by molar-refractivity contribution is 0.352. The van der Waals surface area contributed by atoms with Gasteiger partial charge in [0.25, 0.3) is 11.4 Å². The second-order valence-electron chi connectivity index (χ2n) is 4.70. The minimum atomic E-state index is -0.490. The Hall–Kier alpha value is -2.47. The monoisotopic (exact) mass is 314 g/mol. The third-order valence-corrected chi connectivity index (χ3v) is 4.18. The van der Waals surface area contributed by atoms with Gasteiger partial charge in [-0.05, 0) is 16.3 Å². The van der Waals surface area contributed by atoms with Crippen LogP contribution in [0.4, 0.5) is 0 Å². The van der Waals surface area contributed by atoms with Crippen LogP contribution >= 0.6 is 11.8 Å². The van der Waals surface area contributed by atoms with Gasteiger partial charge in [-0.1, -0.05) is 54.2 Å². The van der Waals surface area contributed by atoms with Gasteiger partial charge in [-0.15, -0.1) is 0 Å². The first-order chi connectivity index (χ1) is 10.7. The van der Waals surface area contributed by atoms with Crippen LogP contribution < -0.4 is 10.3 Å². The number of benzene rings is 2. The number of H-pyrrole nitrogens is 1. The minimum Gasteiger partial charge on any atom is -0.490 e. The summed E-state index contributed by atoms with van der Waals surface area (Å²) in [5.41, 5.74) is 0.623. The number of rotatable bonds is 4. The number of aromatic nitrogens is 2. The lowest BCUT2D eigenvalue weighted by Crippen LogP contribution is -2.11. The average Bonchev–Trinajstić information content (AvgIpc) is 2.52. The number of hydrogen-bond donors (Lipinski definition) is 2. The maximum absolute atomic E-state index is 11.7. The number of aromatic amines is 1. The minimum absolute atomic E-state index is 0.171. The second kappa shape index (κ2) is 6.11. The third-order valence-electron chi connectivity index (χ3n) is 3.23. The van der Waals surface area contributed by atoms with Gasteiger partial charge < -0.3 is 9.84 Å². The van der Waals surface area contributed by atoms with Gasteiger partial charge in [0.1, 0.15) is 0 Å². The number of nitrogens with one attached hydrogen (secondary N) is 1. The molecule has 1 heterocycles. The van der Waals surface area contributed by atoms with Crippen molar-refractivity contribution in [2.45, 2.75) is 10.9 Å². The molecule has 0 saturated heterocycles. The Kier molecular flexibility index (Phi) is 4.02. The lowest BCUT2D eigenvalue weighted by atomic mass is 10.1. The molecule has 0 fully saturated rings. The van der Waals surface area contributed by atoms with E-state index in [2.05, 4.69) is 34.2 Å². The van der Waals surface area contributed by atoms with Crippen molar-refractivity contribution in [1.82, 2.24) is 9.97 Å². The van der Waals surface area contributed by atoms with Crippen LogP contribution in [0.15, 0.2) is 52.4 Å². The van der Waals surface area contributed by atoms with Crippen LogP contribution in [0.5, 0.6) is 11.6 Å². The fourth-order valence-electron chi connectivity index (χ4n) is 2.16. The predicted octanol–water partition coefficient (Wildman–Crippen LogP) is 2.93. The highest BCUT2D eigenvalue weighted by atomic mass is 32.2. The van der Waals surface area contributed by atoms with Crippen molar-refractivity contribution in [2.24, 2.45) is 0 Å². The fraction of sp³-hybridized carbons (Fsp3) is 0.125. The van der Waals surface area contributed by atoms with Crippen LogP contribution in [-0.2, 0) is 5.75 Å². The van der Waals surface area contributed by atoms with Gasteiger partial charge in [-0.25, -0.2) is 0 Å². The Bertz CT molecular complexity index is 877. The van der Waals surface area contributed by atoms with Crippen LogP contribution in [0.3, 0.4) is 0 Å². The number of fused-ring (bicyclic) bond motifs is 1. The van der Waals surface area contributed by atoms with E-state index in [1.165, 1.54) is 29.6 Å². The first-order valence-corrected chi connectivity index (χ1v) is 7.63. The van der Waals surface area contributed by atoms with E-state index in [0.29, 0.717) is 10.9 Å². The molecule has 0 atom stereocenters. The molecule has 0 bridgehead atoms. The summed E-state index contributed by atoms with van der Waals surface area (Å²) in [5.74, 6) is 0.0711. The molecule has 6 heteroatoms. The van der Waals surface area contributed by atoms with Gasteiger partial charge in [0.2, 0.25) is 5.75 Å². The molecule has 112 valence electrons. The zero-order chi connectivity index (χ0) is 15.5. The summed E-state index contributed by atoms with van der Waals surface area (Å²) in [7, 11) is 1.31. The molecule has 5 nitrogen and oxygen atoms in total. The van der Waals surface area contributed by atoms with Crippen molar-refractivity contribution in [1.29, 1.82) is 0 Å². The van der Waals surface area contributed by atoms with Crippen LogP contribution in [0.25, 0.3) is 10.8 Å². The summed E-state index contributed by atoms with van der Waals surface area (Å²) in [6.07, 6.45) is 0. The molecule has 0 spiro atoms. The summed E-state index contributed by atoms with van der Waals surface area (Å²) in [4.78, 5) is 18.2. The molecule has 2 N–H and O–H groups in total. The summed E-state index contributed by atoms with van der Waals surface area (Å²) in [6, 6.07) is 14.3. The van der Waals surface area contributed by atoms with Crippen LogP contribution in [0.1, 0.15) is 5.56 Å². The van der Waals surface area contributed by atoms with Crippen molar-refractivity contribution in [2.75, 3.05) is 7.11 Å². The first-order valence-electron chi connectivity index (χ1n) is 6.65. The molecule has 22 heavy (non-hydrogen) atoms. The number of thioether (sulfide) groups is 1. The van der Waals surface area contributed by atoms with Gasteiger partial charge in [0.15, 0.2) is 5.16 Å². The Balaban J connectivity index is 1.80. The Labute approximate surface area is 131 Å². The molecular formula is C16H14N2O3S. The first kappa shape index (κ1) is 14.5. The van der Waals surface area contributed by atoms with E-state index in [0.717, 1.165) is 5.56 Å². The van der Waals surface area contributed by atoms with Crippen molar-refractivity contribution >= 4 is 22.5 Å². The molecule has 0 saturated carbocycles. The molecule has 0 aliphatic carbocycles. The largest absolute Gasteiger partial charge is 0.490 e. The summed E-state index contributed by atoms with van der Waals surface area (Å²) >= 11 is 1.35. The van der Waals surface area contributed by atoms with Gasteiger partial charge in [0.05, 0.1) is 7.11 Å². The number of aromatic hydroxyl groups is 1. The number of hydrogen-bond acceptors (Lipinski definition) is 5. The molecule has 0 unspecified atom stereocenters. The van der Waals surface area contributed by atoms with Crippen LogP contribution in [0.2, 0.25) is 0 Å². The molecule has 0 aliphatic rings.